The Morgan fingerprint density at radius 3 is 1.68 bits per heavy atom. The molecule has 7 heteroatoms. The first kappa shape index (κ1) is 23.2. The summed E-state index contributed by atoms with van der Waals surface area (Å²) >= 11 is 2.97. The molecular formula is C30H21NO4S2. The van der Waals surface area contributed by atoms with E-state index in [-0.39, 0.29) is 5.78 Å². The van der Waals surface area contributed by atoms with Crippen molar-refractivity contribution in [1.82, 2.24) is 0 Å². The standard InChI is InChI=1S/C30H21NO4S2/c1-34-22-11-7-20(8-12-22)31(21-9-13-23(35-2)14-10-21)19-5-3-18(4-6-19)27-16-26-28(33)25-15-24(17-32)36-29(25)30(26)37-27/h3-17H,1-2H3. The summed E-state index contributed by atoms with van der Waals surface area (Å²) in [6, 6.07) is 27.9. The molecule has 2 heterocycles. The number of fused-ring (bicyclic) bond motifs is 3. The fourth-order valence-electron chi connectivity index (χ4n) is 4.51. The number of aldehydes is 1. The number of rotatable bonds is 7. The number of ether oxygens (including phenoxy) is 2. The number of hydrogen-bond donors (Lipinski definition) is 0. The molecular weight excluding hydrogens is 502 g/mol. The topological polar surface area (TPSA) is 55.8 Å². The van der Waals surface area contributed by atoms with Gasteiger partial charge in [0.2, 0.25) is 0 Å². The van der Waals surface area contributed by atoms with Crippen LogP contribution >= 0.6 is 22.7 Å². The molecule has 0 bridgehead atoms. The molecule has 1 aliphatic carbocycles. The monoisotopic (exact) mass is 523 g/mol. The molecule has 0 saturated carbocycles. The van der Waals surface area contributed by atoms with Crippen molar-refractivity contribution in [2.24, 2.45) is 0 Å². The highest BCUT2D eigenvalue weighted by Gasteiger charge is 2.32. The van der Waals surface area contributed by atoms with E-state index in [9.17, 15) is 9.59 Å². The summed E-state index contributed by atoms with van der Waals surface area (Å²) in [5, 5.41) is 0. The van der Waals surface area contributed by atoms with Crippen molar-refractivity contribution in [3.8, 4) is 31.7 Å². The normalized spacial score (nSPS) is 11.7. The molecule has 182 valence electrons. The third kappa shape index (κ3) is 4.02. The van der Waals surface area contributed by atoms with E-state index in [1.165, 1.54) is 11.3 Å². The molecule has 0 atom stereocenters. The van der Waals surface area contributed by atoms with Crippen molar-refractivity contribution in [2.45, 2.75) is 0 Å². The van der Waals surface area contributed by atoms with Gasteiger partial charge in [0, 0.05) is 33.1 Å². The molecule has 2 aromatic heterocycles. The van der Waals surface area contributed by atoms with Gasteiger partial charge in [0.05, 0.1) is 28.9 Å². The van der Waals surface area contributed by atoms with Crippen molar-refractivity contribution in [1.29, 1.82) is 0 Å². The zero-order valence-electron chi connectivity index (χ0n) is 20.1. The first-order valence-corrected chi connectivity index (χ1v) is 13.2. The number of nitrogens with zero attached hydrogens (tertiary/aromatic N) is 1. The number of carbonyl (C=O) groups excluding carboxylic acids is 2. The number of anilines is 3. The van der Waals surface area contributed by atoms with Gasteiger partial charge in [-0.25, -0.2) is 0 Å². The summed E-state index contributed by atoms with van der Waals surface area (Å²) in [6.45, 7) is 0. The molecule has 0 spiro atoms. The molecule has 5 nitrogen and oxygen atoms in total. The number of benzene rings is 3. The van der Waals surface area contributed by atoms with Gasteiger partial charge in [-0.1, -0.05) is 12.1 Å². The Morgan fingerprint density at radius 2 is 1.16 bits per heavy atom. The van der Waals surface area contributed by atoms with E-state index in [4.69, 9.17) is 9.47 Å². The van der Waals surface area contributed by atoms with Crippen LogP contribution in [0.15, 0.2) is 84.9 Å². The summed E-state index contributed by atoms with van der Waals surface area (Å²) in [6.07, 6.45) is 0.806. The van der Waals surface area contributed by atoms with Crippen molar-refractivity contribution in [2.75, 3.05) is 19.1 Å². The zero-order chi connectivity index (χ0) is 25.5. The van der Waals surface area contributed by atoms with Crippen LogP contribution in [0.4, 0.5) is 17.1 Å². The molecule has 37 heavy (non-hydrogen) atoms. The predicted octanol–water partition coefficient (Wildman–Crippen LogP) is 7.99. The molecule has 0 amide bonds. The summed E-state index contributed by atoms with van der Waals surface area (Å²) in [5.41, 5.74) is 5.39. The van der Waals surface area contributed by atoms with Crippen molar-refractivity contribution >= 4 is 51.8 Å². The highest BCUT2D eigenvalue weighted by molar-refractivity contribution is 7.25. The minimum absolute atomic E-state index is 0.00124. The Kier molecular flexibility index (Phi) is 5.87. The number of ketones is 1. The second-order valence-electron chi connectivity index (χ2n) is 8.47. The average Bonchev–Trinajstić information content (AvgIpc) is 3.64. The Labute approximate surface area is 222 Å². The predicted molar refractivity (Wildman–Crippen MR) is 150 cm³/mol. The van der Waals surface area contributed by atoms with Gasteiger partial charge in [0.15, 0.2) is 12.1 Å². The van der Waals surface area contributed by atoms with Crippen LogP contribution in [0.25, 0.3) is 20.2 Å². The van der Waals surface area contributed by atoms with Crippen LogP contribution in [-0.2, 0) is 0 Å². The van der Waals surface area contributed by atoms with Crippen LogP contribution in [0.2, 0.25) is 0 Å². The van der Waals surface area contributed by atoms with E-state index >= 15 is 0 Å². The molecule has 0 fully saturated rings. The molecule has 0 radical (unpaired) electrons. The van der Waals surface area contributed by atoms with Crippen molar-refractivity contribution in [3.05, 3.63) is 101 Å². The summed E-state index contributed by atoms with van der Waals surface area (Å²) < 4.78 is 10.7. The maximum absolute atomic E-state index is 12.9. The van der Waals surface area contributed by atoms with Crippen LogP contribution in [0.1, 0.15) is 25.6 Å². The summed E-state index contributed by atoms with van der Waals surface area (Å²) in [5.74, 6) is 1.59. The first-order valence-electron chi connectivity index (χ1n) is 11.6. The van der Waals surface area contributed by atoms with E-state index in [0.29, 0.717) is 10.4 Å². The molecule has 0 N–H and O–H groups in total. The number of methoxy groups -OCH3 is 2. The highest BCUT2D eigenvalue weighted by Crippen LogP contribution is 2.49. The van der Waals surface area contributed by atoms with Crippen molar-refractivity contribution in [3.63, 3.8) is 0 Å². The minimum atomic E-state index is -0.00124. The average molecular weight is 524 g/mol. The van der Waals surface area contributed by atoms with Crippen LogP contribution in [0, 0.1) is 0 Å². The van der Waals surface area contributed by atoms with E-state index in [1.807, 2.05) is 54.6 Å². The van der Waals surface area contributed by atoms with Gasteiger partial charge in [-0.15, -0.1) is 22.7 Å². The summed E-state index contributed by atoms with van der Waals surface area (Å²) in [7, 11) is 3.31. The van der Waals surface area contributed by atoms with E-state index < -0.39 is 0 Å². The lowest BCUT2D eigenvalue weighted by Crippen LogP contribution is -2.09. The lowest BCUT2D eigenvalue weighted by atomic mass is 10.1. The van der Waals surface area contributed by atoms with Gasteiger partial charge in [-0.2, -0.15) is 0 Å². The van der Waals surface area contributed by atoms with Crippen LogP contribution < -0.4 is 14.4 Å². The molecule has 1 aliphatic rings. The molecule has 0 aliphatic heterocycles. The fourth-order valence-corrected chi connectivity index (χ4v) is 6.80. The molecule has 0 unspecified atom stereocenters. The third-order valence-corrected chi connectivity index (χ3v) is 8.77. The Balaban J connectivity index is 1.36. The Bertz CT molecular complexity index is 1570. The third-order valence-electron chi connectivity index (χ3n) is 6.37. The smallest absolute Gasteiger partial charge is 0.196 e. The van der Waals surface area contributed by atoms with Gasteiger partial charge in [-0.3, -0.25) is 9.59 Å². The van der Waals surface area contributed by atoms with Crippen LogP contribution in [-0.4, -0.2) is 26.3 Å². The lowest BCUT2D eigenvalue weighted by molar-refractivity contribution is 0.104. The van der Waals surface area contributed by atoms with Gasteiger partial charge < -0.3 is 14.4 Å². The van der Waals surface area contributed by atoms with Crippen molar-refractivity contribution < 1.29 is 19.1 Å². The first-order chi connectivity index (χ1) is 18.1. The fraction of sp³-hybridized carbons (Fsp3) is 0.0667. The molecule has 5 aromatic rings. The second-order valence-corrected chi connectivity index (χ2v) is 10.6. The number of carbonyl (C=O) groups is 2. The lowest BCUT2D eigenvalue weighted by Gasteiger charge is -2.26. The van der Waals surface area contributed by atoms with E-state index in [0.717, 1.165) is 60.6 Å². The Morgan fingerprint density at radius 1 is 0.676 bits per heavy atom. The quantitative estimate of drug-likeness (QED) is 0.199. The number of hydrogen-bond acceptors (Lipinski definition) is 7. The maximum atomic E-state index is 12.9. The second kappa shape index (κ2) is 9.35. The van der Waals surface area contributed by atoms with Gasteiger partial charge in [-0.05, 0) is 78.4 Å². The van der Waals surface area contributed by atoms with Crippen LogP contribution in [0.3, 0.4) is 0 Å². The SMILES string of the molecule is COc1ccc(N(c2ccc(OC)cc2)c2ccc(-c3cc4c(s3)-c3sc(C=O)cc3C4=O)cc2)cc1. The van der Waals surface area contributed by atoms with E-state index in [1.54, 1.807) is 31.6 Å². The highest BCUT2D eigenvalue weighted by atomic mass is 32.1. The van der Waals surface area contributed by atoms with E-state index in [2.05, 4.69) is 29.2 Å². The van der Waals surface area contributed by atoms with Gasteiger partial charge in [0.25, 0.3) is 0 Å². The maximum Gasteiger partial charge on any atom is 0.196 e. The molecule has 3 aromatic carbocycles. The largest absolute Gasteiger partial charge is 0.497 e. The number of thiophene rings is 2. The summed E-state index contributed by atoms with van der Waals surface area (Å²) in [4.78, 5) is 29.7. The van der Waals surface area contributed by atoms with Gasteiger partial charge >= 0.3 is 0 Å². The van der Waals surface area contributed by atoms with Crippen LogP contribution in [0.5, 0.6) is 11.5 Å². The molecule has 6 rings (SSSR count). The van der Waals surface area contributed by atoms with Gasteiger partial charge in [0.1, 0.15) is 11.5 Å². The Hall–Kier alpha value is -4.20. The zero-order valence-corrected chi connectivity index (χ0v) is 21.7. The molecule has 0 saturated heterocycles. The minimum Gasteiger partial charge on any atom is -0.497 e.